The highest BCUT2D eigenvalue weighted by Gasteiger charge is 2.24. The maximum Gasteiger partial charge on any atom is 0.135 e. The molecule has 0 aliphatic heterocycles. The summed E-state index contributed by atoms with van der Waals surface area (Å²) in [6.07, 6.45) is 0. The van der Waals surface area contributed by atoms with Gasteiger partial charge in [-0.2, -0.15) is 0 Å². The molecule has 11 aromatic rings. The standard InChI is InChI=1S/C56H35NO/c1-3-9-36(10-4-1)38-17-23-46(24-18-38)57(47-25-19-39(20-26-47)41-22-28-56-54(33-41)49-13-7-8-14-55(49)58-56)48-27-21-43-32-51-50-31-42-16-15-40(37-11-5-2-6-12-37)29-44(42)34-52(50)53(51)35-45(43)30-48/h1-35H. The maximum absolute atomic E-state index is 6.12. The lowest BCUT2D eigenvalue weighted by Gasteiger charge is -2.28. The topological polar surface area (TPSA) is 16.4 Å². The number of hydrogen-bond acceptors (Lipinski definition) is 2. The highest BCUT2D eigenvalue weighted by atomic mass is 16.3. The third-order valence-electron chi connectivity index (χ3n) is 12.0. The Bertz CT molecular complexity index is 3360. The van der Waals surface area contributed by atoms with Crippen molar-refractivity contribution in [3.63, 3.8) is 0 Å². The molecule has 0 unspecified atom stereocenters. The molecule has 0 bridgehead atoms. The van der Waals surface area contributed by atoms with Gasteiger partial charge < -0.3 is 9.32 Å². The number of furan rings is 1. The molecule has 0 spiro atoms. The Morgan fingerprint density at radius 2 is 0.690 bits per heavy atom. The van der Waals surface area contributed by atoms with Crippen LogP contribution in [0.3, 0.4) is 0 Å². The van der Waals surface area contributed by atoms with E-state index in [0.717, 1.165) is 50.1 Å². The van der Waals surface area contributed by atoms with Crippen LogP contribution in [-0.4, -0.2) is 0 Å². The minimum Gasteiger partial charge on any atom is -0.456 e. The molecule has 0 atom stereocenters. The SMILES string of the molecule is c1ccc(-c2ccc(N(c3ccc(-c4ccc5oc6ccccc6c5c4)cc3)c3ccc4cc5c(cc4c3)-c3cc4cc(-c6ccccc6)ccc4cc3-5)cc2)cc1. The van der Waals surface area contributed by atoms with E-state index in [2.05, 4.69) is 205 Å². The Morgan fingerprint density at radius 1 is 0.259 bits per heavy atom. The van der Waals surface area contributed by atoms with Gasteiger partial charge in [-0.15, -0.1) is 0 Å². The van der Waals surface area contributed by atoms with E-state index in [1.165, 1.54) is 66.1 Å². The Morgan fingerprint density at radius 3 is 1.34 bits per heavy atom. The van der Waals surface area contributed by atoms with Crippen LogP contribution in [0.25, 0.3) is 99.1 Å². The summed E-state index contributed by atoms with van der Waals surface area (Å²) in [7, 11) is 0. The van der Waals surface area contributed by atoms with Crippen molar-refractivity contribution in [2.75, 3.05) is 4.90 Å². The highest BCUT2D eigenvalue weighted by molar-refractivity contribution is 6.12. The van der Waals surface area contributed by atoms with E-state index in [9.17, 15) is 0 Å². The Kier molecular flexibility index (Phi) is 7.26. The molecule has 1 heterocycles. The third kappa shape index (κ3) is 5.34. The van der Waals surface area contributed by atoms with Crippen molar-refractivity contribution < 1.29 is 4.42 Å². The van der Waals surface area contributed by atoms with Gasteiger partial charge >= 0.3 is 0 Å². The second kappa shape index (κ2) is 12.9. The van der Waals surface area contributed by atoms with E-state index in [1.54, 1.807) is 0 Å². The van der Waals surface area contributed by atoms with Gasteiger partial charge in [0, 0.05) is 27.8 Å². The number of nitrogens with zero attached hydrogens (tertiary/aromatic N) is 1. The molecule has 2 heteroatoms. The summed E-state index contributed by atoms with van der Waals surface area (Å²) in [5.41, 5.74) is 17.7. The summed E-state index contributed by atoms with van der Waals surface area (Å²) in [5.74, 6) is 0. The zero-order valence-electron chi connectivity index (χ0n) is 31.6. The first-order valence-corrected chi connectivity index (χ1v) is 19.9. The summed E-state index contributed by atoms with van der Waals surface area (Å²) in [6.45, 7) is 0. The molecule has 10 aromatic carbocycles. The maximum atomic E-state index is 6.12. The van der Waals surface area contributed by atoms with Crippen LogP contribution >= 0.6 is 0 Å². The summed E-state index contributed by atoms with van der Waals surface area (Å²) in [4.78, 5) is 2.37. The first-order chi connectivity index (χ1) is 28.7. The van der Waals surface area contributed by atoms with Crippen LogP contribution < -0.4 is 4.90 Å². The molecule has 0 N–H and O–H groups in total. The van der Waals surface area contributed by atoms with Crippen LogP contribution in [-0.2, 0) is 0 Å². The van der Waals surface area contributed by atoms with Gasteiger partial charge in [0.1, 0.15) is 11.2 Å². The predicted octanol–water partition coefficient (Wildman–Crippen LogP) is 16.0. The van der Waals surface area contributed by atoms with Gasteiger partial charge in [0.05, 0.1) is 0 Å². The largest absolute Gasteiger partial charge is 0.456 e. The van der Waals surface area contributed by atoms with Crippen molar-refractivity contribution in [2.24, 2.45) is 0 Å². The molecule has 0 fully saturated rings. The average molecular weight is 738 g/mol. The molecule has 2 nitrogen and oxygen atoms in total. The predicted molar refractivity (Wildman–Crippen MR) is 244 cm³/mol. The van der Waals surface area contributed by atoms with E-state index < -0.39 is 0 Å². The fourth-order valence-electron chi connectivity index (χ4n) is 8.95. The summed E-state index contributed by atoms with van der Waals surface area (Å²) in [5, 5.41) is 7.28. The molecule has 12 rings (SSSR count). The van der Waals surface area contributed by atoms with Crippen molar-refractivity contribution in [3.8, 4) is 55.6 Å². The van der Waals surface area contributed by atoms with Crippen LogP contribution in [0.2, 0.25) is 0 Å². The second-order valence-corrected chi connectivity index (χ2v) is 15.4. The minimum absolute atomic E-state index is 0.909. The molecule has 270 valence electrons. The second-order valence-electron chi connectivity index (χ2n) is 15.4. The van der Waals surface area contributed by atoms with Crippen molar-refractivity contribution in [1.82, 2.24) is 0 Å². The van der Waals surface area contributed by atoms with Crippen molar-refractivity contribution in [2.45, 2.75) is 0 Å². The average Bonchev–Trinajstić information content (AvgIpc) is 3.67. The molecule has 0 radical (unpaired) electrons. The number of anilines is 3. The molecule has 1 aliphatic carbocycles. The molecule has 0 amide bonds. The van der Waals surface area contributed by atoms with Crippen molar-refractivity contribution >= 4 is 60.5 Å². The highest BCUT2D eigenvalue weighted by Crippen LogP contribution is 2.51. The monoisotopic (exact) mass is 737 g/mol. The van der Waals surface area contributed by atoms with Gasteiger partial charge in [-0.3, -0.25) is 0 Å². The van der Waals surface area contributed by atoms with Crippen LogP contribution in [0, 0.1) is 0 Å². The van der Waals surface area contributed by atoms with Gasteiger partial charge in [-0.1, -0.05) is 127 Å². The lowest BCUT2D eigenvalue weighted by Crippen LogP contribution is -2.10. The minimum atomic E-state index is 0.909. The van der Waals surface area contributed by atoms with Crippen LogP contribution in [0.15, 0.2) is 217 Å². The quantitative estimate of drug-likeness (QED) is 0.169. The number of para-hydroxylation sites is 1. The van der Waals surface area contributed by atoms with Crippen LogP contribution in [0.4, 0.5) is 17.1 Å². The molecular weight excluding hydrogens is 703 g/mol. The first-order valence-electron chi connectivity index (χ1n) is 19.9. The zero-order valence-corrected chi connectivity index (χ0v) is 31.6. The number of benzene rings is 10. The fraction of sp³-hybridized carbons (Fsp3) is 0. The van der Waals surface area contributed by atoms with E-state index >= 15 is 0 Å². The lowest BCUT2D eigenvalue weighted by molar-refractivity contribution is 0.669. The Balaban J connectivity index is 0.936. The van der Waals surface area contributed by atoms with E-state index in [0.29, 0.717) is 0 Å². The van der Waals surface area contributed by atoms with E-state index in [-0.39, 0.29) is 0 Å². The first kappa shape index (κ1) is 32.6. The molecule has 58 heavy (non-hydrogen) atoms. The lowest BCUT2D eigenvalue weighted by atomic mass is 9.77. The molecule has 1 aliphatic rings. The number of rotatable bonds is 6. The molecule has 1 aromatic heterocycles. The van der Waals surface area contributed by atoms with Crippen molar-refractivity contribution in [1.29, 1.82) is 0 Å². The van der Waals surface area contributed by atoms with Gasteiger partial charge in [-0.25, -0.2) is 0 Å². The summed E-state index contributed by atoms with van der Waals surface area (Å²) in [6, 6.07) is 77.1. The molecule has 0 saturated carbocycles. The van der Waals surface area contributed by atoms with Crippen LogP contribution in [0.1, 0.15) is 0 Å². The molecule has 0 saturated heterocycles. The van der Waals surface area contributed by atoms with Crippen molar-refractivity contribution in [3.05, 3.63) is 212 Å². The van der Waals surface area contributed by atoms with Crippen LogP contribution in [0.5, 0.6) is 0 Å². The Labute approximate surface area is 336 Å². The normalized spacial score (nSPS) is 11.8. The smallest absolute Gasteiger partial charge is 0.135 e. The molecular formula is C56H35NO. The van der Waals surface area contributed by atoms with Gasteiger partial charge in [0.2, 0.25) is 0 Å². The summed E-state index contributed by atoms with van der Waals surface area (Å²) < 4.78 is 6.12. The van der Waals surface area contributed by atoms with Gasteiger partial charge in [0.15, 0.2) is 0 Å². The summed E-state index contributed by atoms with van der Waals surface area (Å²) >= 11 is 0. The zero-order chi connectivity index (χ0) is 38.2. The van der Waals surface area contributed by atoms with E-state index in [4.69, 9.17) is 4.42 Å². The number of fused-ring (bicyclic) bond motifs is 9. The third-order valence-corrected chi connectivity index (χ3v) is 12.0. The Hall–Kier alpha value is -7.68. The fourth-order valence-corrected chi connectivity index (χ4v) is 8.95. The van der Waals surface area contributed by atoms with Gasteiger partial charge in [0.25, 0.3) is 0 Å². The number of hydrogen-bond donors (Lipinski definition) is 0. The van der Waals surface area contributed by atoms with E-state index in [1.807, 2.05) is 12.1 Å². The van der Waals surface area contributed by atoms with Gasteiger partial charge in [-0.05, 0) is 162 Å².